The Balaban J connectivity index is 2.03. The van der Waals surface area contributed by atoms with Gasteiger partial charge < -0.3 is 0 Å². The third-order valence-electron chi connectivity index (χ3n) is 3.62. The van der Waals surface area contributed by atoms with E-state index in [0.717, 1.165) is 6.42 Å². The Hall–Kier alpha value is -1.89. The van der Waals surface area contributed by atoms with Gasteiger partial charge in [0, 0.05) is 12.8 Å². The van der Waals surface area contributed by atoms with Gasteiger partial charge in [-0.25, -0.2) is 0 Å². The Morgan fingerprint density at radius 2 is 1.72 bits per heavy atom. The minimum Gasteiger partial charge on any atom is -0.299 e. The summed E-state index contributed by atoms with van der Waals surface area (Å²) in [6, 6.07) is 13.1. The van der Waals surface area contributed by atoms with Gasteiger partial charge in [0.15, 0.2) is 0 Å². The van der Waals surface area contributed by atoms with Crippen LogP contribution >= 0.6 is 0 Å². The molecule has 1 aliphatic rings. The SMILES string of the molecule is Cc1ccc2cc(C3=CCC(=O)CC3)ccc2c1. The second-order valence-electron chi connectivity index (χ2n) is 5.04. The highest BCUT2D eigenvalue weighted by molar-refractivity contribution is 5.90. The second kappa shape index (κ2) is 4.41. The molecule has 0 N–H and O–H groups in total. The number of rotatable bonds is 1. The molecule has 0 spiro atoms. The van der Waals surface area contributed by atoms with Crippen LogP contribution in [0.4, 0.5) is 0 Å². The zero-order chi connectivity index (χ0) is 12.5. The Bertz CT molecular complexity index is 650. The van der Waals surface area contributed by atoms with E-state index in [0.29, 0.717) is 18.6 Å². The number of carbonyl (C=O) groups excluding carboxylic acids is 1. The molecule has 0 fully saturated rings. The van der Waals surface area contributed by atoms with Gasteiger partial charge in [-0.15, -0.1) is 0 Å². The Labute approximate surface area is 107 Å². The van der Waals surface area contributed by atoms with Crippen molar-refractivity contribution in [3.8, 4) is 0 Å². The van der Waals surface area contributed by atoms with Crippen LogP contribution in [0.5, 0.6) is 0 Å². The van der Waals surface area contributed by atoms with Gasteiger partial charge in [-0.05, 0) is 41.3 Å². The second-order valence-corrected chi connectivity index (χ2v) is 5.04. The highest BCUT2D eigenvalue weighted by Crippen LogP contribution is 2.28. The minimum absolute atomic E-state index is 0.357. The molecule has 0 aliphatic heterocycles. The molecule has 1 nitrogen and oxygen atoms in total. The molecule has 0 radical (unpaired) electrons. The van der Waals surface area contributed by atoms with Crippen molar-refractivity contribution in [2.45, 2.75) is 26.2 Å². The number of hydrogen-bond acceptors (Lipinski definition) is 1. The Morgan fingerprint density at radius 1 is 0.944 bits per heavy atom. The monoisotopic (exact) mass is 236 g/mol. The third kappa shape index (κ3) is 2.08. The van der Waals surface area contributed by atoms with E-state index in [9.17, 15) is 4.79 Å². The molecule has 2 aromatic carbocycles. The number of ketones is 1. The fraction of sp³-hybridized carbons (Fsp3) is 0.235. The highest BCUT2D eigenvalue weighted by Gasteiger charge is 2.11. The molecule has 0 saturated carbocycles. The van der Waals surface area contributed by atoms with Crippen LogP contribution in [0.3, 0.4) is 0 Å². The molecule has 0 atom stereocenters. The number of benzene rings is 2. The summed E-state index contributed by atoms with van der Waals surface area (Å²) in [6.07, 6.45) is 4.26. The van der Waals surface area contributed by atoms with Crippen molar-refractivity contribution in [1.82, 2.24) is 0 Å². The summed E-state index contributed by atoms with van der Waals surface area (Å²) in [6.45, 7) is 2.11. The molecule has 0 saturated heterocycles. The van der Waals surface area contributed by atoms with E-state index in [2.05, 4.69) is 49.4 Å². The number of carbonyl (C=O) groups is 1. The number of Topliss-reactive ketones (excluding diaryl/α,β-unsaturated/α-hetero) is 1. The van der Waals surface area contributed by atoms with Crippen molar-refractivity contribution in [3.63, 3.8) is 0 Å². The van der Waals surface area contributed by atoms with E-state index in [1.807, 2.05) is 0 Å². The Morgan fingerprint density at radius 3 is 2.50 bits per heavy atom. The van der Waals surface area contributed by atoms with Crippen LogP contribution in [0.1, 0.15) is 30.4 Å². The smallest absolute Gasteiger partial charge is 0.137 e. The maximum atomic E-state index is 11.2. The van der Waals surface area contributed by atoms with Gasteiger partial charge >= 0.3 is 0 Å². The van der Waals surface area contributed by atoms with Gasteiger partial charge in [0.05, 0.1) is 0 Å². The highest BCUT2D eigenvalue weighted by atomic mass is 16.1. The van der Waals surface area contributed by atoms with Crippen LogP contribution in [-0.2, 0) is 4.79 Å². The minimum atomic E-state index is 0.357. The molecule has 0 unspecified atom stereocenters. The van der Waals surface area contributed by atoms with Crippen molar-refractivity contribution in [1.29, 1.82) is 0 Å². The van der Waals surface area contributed by atoms with Gasteiger partial charge in [0.25, 0.3) is 0 Å². The number of aryl methyl sites for hydroxylation is 1. The maximum absolute atomic E-state index is 11.2. The van der Waals surface area contributed by atoms with Crippen molar-refractivity contribution < 1.29 is 4.79 Å². The van der Waals surface area contributed by atoms with E-state index < -0.39 is 0 Å². The largest absolute Gasteiger partial charge is 0.299 e. The standard InChI is InChI=1S/C17H16O/c1-12-2-3-16-11-15(5-4-14(16)10-12)13-6-8-17(18)9-7-13/h2-6,10-11H,7-9H2,1H3. The summed E-state index contributed by atoms with van der Waals surface area (Å²) in [7, 11) is 0. The number of hydrogen-bond donors (Lipinski definition) is 0. The van der Waals surface area contributed by atoms with Crippen LogP contribution in [-0.4, -0.2) is 5.78 Å². The first-order chi connectivity index (χ1) is 8.72. The first-order valence-corrected chi connectivity index (χ1v) is 6.44. The summed E-state index contributed by atoms with van der Waals surface area (Å²) < 4.78 is 0. The molecule has 3 rings (SSSR count). The average molecular weight is 236 g/mol. The third-order valence-corrected chi connectivity index (χ3v) is 3.62. The predicted octanol–water partition coefficient (Wildman–Crippen LogP) is 4.28. The summed E-state index contributed by atoms with van der Waals surface area (Å²) in [5, 5.41) is 2.56. The summed E-state index contributed by atoms with van der Waals surface area (Å²) in [5.41, 5.74) is 3.87. The molecule has 2 aromatic rings. The van der Waals surface area contributed by atoms with E-state index >= 15 is 0 Å². The molecule has 0 bridgehead atoms. The fourth-order valence-corrected chi connectivity index (χ4v) is 2.54. The molecular formula is C17H16O. The lowest BCUT2D eigenvalue weighted by atomic mass is 9.91. The first-order valence-electron chi connectivity index (χ1n) is 6.44. The van der Waals surface area contributed by atoms with Gasteiger partial charge in [-0.3, -0.25) is 4.79 Å². The zero-order valence-electron chi connectivity index (χ0n) is 10.6. The maximum Gasteiger partial charge on any atom is 0.137 e. The summed E-state index contributed by atoms with van der Waals surface area (Å²) >= 11 is 0. The molecule has 0 aromatic heterocycles. The van der Waals surface area contributed by atoms with Gasteiger partial charge in [0.2, 0.25) is 0 Å². The van der Waals surface area contributed by atoms with Gasteiger partial charge in [0.1, 0.15) is 5.78 Å². The molecule has 90 valence electrons. The topological polar surface area (TPSA) is 17.1 Å². The molecular weight excluding hydrogens is 220 g/mol. The van der Waals surface area contributed by atoms with Crippen molar-refractivity contribution in [2.24, 2.45) is 0 Å². The average Bonchev–Trinajstić information content (AvgIpc) is 2.39. The van der Waals surface area contributed by atoms with Crippen LogP contribution in [0.2, 0.25) is 0 Å². The Kier molecular flexibility index (Phi) is 2.75. The molecule has 0 heterocycles. The predicted molar refractivity (Wildman–Crippen MR) is 75.5 cm³/mol. The van der Waals surface area contributed by atoms with Gasteiger partial charge in [-0.1, -0.05) is 42.0 Å². The molecule has 1 aliphatic carbocycles. The normalized spacial score (nSPS) is 15.8. The van der Waals surface area contributed by atoms with Crippen LogP contribution in [0.25, 0.3) is 16.3 Å². The first kappa shape index (κ1) is 11.2. The lowest BCUT2D eigenvalue weighted by Crippen LogP contribution is -2.02. The van der Waals surface area contributed by atoms with Crippen molar-refractivity contribution in [2.75, 3.05) is 0 Å². The summed E-state index contributed by atoms with van der Waals surface area (Å²) in [4.78, 5) is 11.2. The zero-order valence-corrected chi connectivity index (χ0v) is 10.6. The van der Waals surface area contributed by atoms with E-state index in [1.165, 1.54) is 27.5 Å². The van der Waals surface area contributed by atoms with Crippen molar-refractivity contribution >= 4 is 22.1 Å². The van der Waals surface area contributed by atoms with Crippen LogP contribution in [0.15, 0.2) is 42.5 Å². The number of allylic oxidation sites excluding steroid dienone is 2. The molecule has 18 heavy (non-hydrogen) atoms. The molecule has 0 amide bonds. The van der Waals surface area contributed by atoms with E-state index in [1.54, 1.807) is 0 Å². The number of fused-ring (bicyclic) bond motifs is 1. The quantitative estimate of drug-likeness (QED) is 0.722. The lowest BCUT2D eigenvalue weighted by Gasteiger charge is -2.13. The van der Waals surface area contributed by atoms with E-state index in [-0.39, 0.29) is 0 Å². The van der Waals surface area contributed by atoms with E-state index in [4.69, 9.17) is 0 Å². The summed E-state index contributed by atoms with van der Waals surface area (Å²) in [5.74, 6) is 0.357. The fourth-order valence-electron chi connectivity index (χ4n) is 2.54. The van der Waals surface area contributed by atoms with Crippen LogP contribution < -0.4 is 0 Å². The van der Waals surface area contributed by atoms with Gasteiger partial charge in [-0.2, -0.15) is 0 Å². The lowest BCUT2D eigenvalue weighted by molar-refractivity contribution is -0.118. The van der Waals surface area contributed by atoms with Crippen LogP contribution in [0, 0.1) is 6.92 Å². The van der Waals surface area contributed by atoms with Crippen molar-refractivity contribution in [3.05, 3.63) is 53.6 Å². The molecule has 1 heteroatoms.